The molecule has 23 heavy (non-hydrogen) atoms. The lowest BCUT2D eigenvalue weighted by atomic mass is 9.75. The number of rotatable bonds is 2. The number of para-hydroxylation sites is 2. The molecule has 2 heteroatoms. The zero-order valence-corrected chi connectivity index (χ0v) is 13.8. The topological polar surface area (TPSA) is 17.3 Å². The van der Waals surface area contributed by atoms with Crippen LogP contribution in [0.25, 0.3) is 22.7 Å². The molecule has 2 heterocycles. The molecule has 0 bridgehead atoms. The Morgan fingerprint density at radius 1 is 1.04 bits per heavy atom. The van der Waals surface area contributed by atoms with Gasteiger partial charge in [0.1, 0.15) is 0 Å². The molecule has 0 spiro atoms. The predicted octanol–water partition coefficient (Wildman–Crippen LogP) is 4.96. The van der Waals surface area contributed by atoms with Gasteiger partial charge in [-0.1, -0.05) is 56.8 Å². The molecule has 0 aliphatic carbocycles. The van der Waals surface area contributed by atoms with E-state index in [4.69, 9.17) is 0 Å². The van der Waals surface area contributed by atoms with E-state index in [0.29, 0.717) is 0 Å². The van der Waals surface area contributed by atoms with Crippen LogP contribution in [0.2, 0.25) is 0 Å². The smallest absolute Gasteiger partial charge is 0.0582 e. The number of benzene rings is 2. The van der Waals surface area contributed by atoms with Gasteiger partial charge in [-0.05, 0) is 23.3 Å². The highest BCUT2D eigenvalue weighted by molar-refractivity contribution is 6.06. The maximum absolute atomic E-state index is 4.27. The number of nitrogens with zero attached hydrogens (tertiary/aromatic N) is 2. The average Bonchev–Trinajstić information content (AvgIpc) is 2.88. The van der Waals surface area contributed by atoms with Gasteiger partial charge in [0.2, 0.25) is 0 Å². The molecular weight excluding hydrogens is 280 g/mol. The Morgan fingerprint density at radius 2 is 1.78 bits per heavy atom. The monoisotopic (exact) mass is 300 g/mol. The van der Waals surface area contributed by atoms with Gasteiger partial charge >= 0.3 is 0 Å². The minimum Gasteiger partial charge on any atom is -0.309 e. The van der Waals surface area contributed by atoms with Crippen molar-refractivity contribution in [3.63, 3.8) is 0 Å². The number of hydrogen-bond acceptors (Lipinski definition) is 1. The van der Waals surface area contributed by atoms with E-state index in [1.807, 2.05) is 19.3 Å². The lowest BCUT2D eigenvalue weighted by Gasteiger charge is -2.34. The van der Waals surface area contributed by atoms with Crippen LogP contribution in [0.3, 0.4) is 0 Å². The van der Waals surface area contributed by atoms with E-state index in [9.17, 15) is 0 Å². The van der Waals surface area contributed by atoms with E-state index >= 15 is 0 Å². The quantitative estimate of drug-likeness (QED) is 0.595. The first kappa shape index (κ1) is 14.0. The minimum absolute atomic E-state index is 0.0243. The lowest BCUT2D eigenvalue weighted by molar-refractivity contribution is 0.628. The first-order valence-electron chi connectivity index (χ1n) is 7.93. The highest BCUT2D eigenvalue weighted by Crippen LogP contribution is 2.46. The molecule has 0 radical (unpaired) electrons. The summed E-state index contributed by atoms with van der Waals surface area (Å²) < 4.78 is 2.34. The molecule has 0 unspecified atom stereocenters. The van der Waals surface area contributed by atoms with Gasteiger partial charge in [0.15, 0.2) is 0 Å². The Bertz CT molecular complexity index is 971. The summed E-state index contributed by atoms with van der Waals surface area (Å²) in [6.45, 7) is 8.67. The van der Waals surface area contributed by atoms with Gasteiger partial charge in [0, 0.05) is 29.6 Å². The Morgan fingerprint density at radius 3 is 2.52 bits per heavy atom. The molecule has 1 aliphatic rings. The molecule has 3 aromatic rings. The van der Waals surface area contributed by atoms with Crippen LogP contribution in [0.1, 0.15) is 36.2 Å². The van der Waals surface area contributed by atoms with E-state index in [1.165, 1.54) is 27.7 Å². The van der Waals surface area contributed by atoms with Crippen LogP contribution in [-0.4, -0.2) is 17.8 Å². The third-order valence-corrected chi connectivity index (χ3v) is 5.01. The molecular formula is C21H20N2. The van der Waals surface area contributed by atoms with Crippen LogP contribution < -0.4 is 0 Å². The van der Waals surface area contributed by atoms with Crippen LogP contribution >= 0.6 is 0 Å². The van der Waals surface area contributed by atoms with Crippen LogP contribution in [0, 0.1) is 0 Å². The number of aliphatic imine (C=N–C) groups is 1. The van der Waals surface area contributed by atoms with Crippen LogP contribution in [0.4, 0.5) is 0 Å². The number of fused-ring (bicyclic) bond motifs is 2. The van der Waals surface area contributed by atoms with Gasteiger partial charge in [-0.25, -0.2) is 0 Å². The fourth-order valence-electron chi connectivity index (χ4n) is 3.94. The highest BCUT2D eigenvalue weighted by atomic mass is 15.0. The number of hydrogen-bond donors (Lipinski definition) is 0. The minimum atomic E-state index is -0.0243. The molecule has 1 aromatic heterocycles. The van der Waals surface area contributed by atoms with Gasteiger partial charge in [0.25, 0.3) is 0 Å². The molecule has 0 atom stereocenters. The summed E-state index contributed by atoms with van der Waals surface area (Å²) in [5, 5.41) is 1.24. The normalized spacial score (nSPS) is 15.1. The van der Waals surface area contributed by atoms with E-state index in [0.717, 1.165) is 11.3 Å². The van der Waals surface area contributed by atoms with E-state index in [-0.39, 0.29) is 5.41 Å². The second kappa shape index (κ2) is 4.69. The number of aromatic nitrogens is 1. The van der Waals surface area contributed by atoms with Crippen molar-refractivity contribution in [1.29, 1.82) is 0 Å². The first-order valence-corrected chi connectivity index (χ1v) is 7.93. The standard InChI is InChI=1S/C21H20N2/c1-5-18-15(13-22-4)14-9-8-11-17-20(14)23(18)19-12-7-6-10-16(19)21(17,2)3/h5-13H,1H2,2-4H3. The summed E-state index contributed by atoms with van der Waals surface area (Å²) in [6, 6.07) is 15.2. The average molecular weight is 300 g/mol. The fraction of sp³-hybridized carbons (Fsp3) is 0.190. The van der Waals surface area contributed by atoms with Gasteiger partial charge in [-0.3, -0.25) is 4.99 Å². The molecule has 1 aliphatic heterocycles. The molecule has 114 valence electrons. The third-order valence-electron chi connectivity index (χ3n) is 5.01. The fourth-order valence-corrected chi connectivity index (χ4v) is 3.94. The van der Waals surface area contributed by atoms with Crippen molar-refractivity contribution in [3.05, 3.63) is 71.4 Å². The maximum Gasteiger partial charge on any atom is 0.0582 e. The third kappa shape index (κ3) is 1.66. The van der Waals surface area contributed by atoms with Gasteiger partial charge < -0.3 is 4.57 Å². The van der Waals surface area contributed by atoms with Crippen LogP contribution in [0.5, 0.6) is 0 Å². The molecule has 0 saturated heterocycles. The summed E-state index contributed by atoms with van der Waals surface area (Å²) in [4.78, 5) is 4.27. The Kier molecular flexibility index (Phi) is 2.86. The molecule has 0 saturated carbocycles. The second-order valence-electron chi connectivity index (χ2n) is 6.57. The molecule has 0 N–H and O–H groups in total. The van der Waals surface area contributed by atoms with Crippen LogP contribution in [-0.2, 0) is 5.41 Å². The maximum atomic E-state index is 4.27. The SMILES string of the molecule is C=Cc1c(C=NC)c2cccc3c2n1-c1ccccc1C3(C)C. The summed E-state index contributed by atoms with van der Waals surface area (Å²) in [6.07, 6.45) is 3.89. The molecule has 0 fully saturated rings. The van der Waals surface area contributed by atoms with Crippen LogP contribution in [0.15, 0.2) is 54.0 Å². The van der Waals surface area contributed by atoms with Crippen molar-refractivity contribution < 1.29 is 0 Å². The van der Waals surface area contributed by atoms with E-state index in [1.54, 1.807) is 0 Å². The zero-order valence-electron chi connectivity index (χ0n) is 13.8. The highest BCUT2D eigenvalue weighted by Gasteiger charge is 2.35. The molecule has 4 rings (SSSR count). The van der Waals surface area contributed by atoms with Gasteiger partial charge in [-0.15, -0.1) is 0 Å². The molecule has 0 amide bonds. The van der Waals surface area contributed by atoms with Crippen molar-refractivity contribution in [2.75, 3.05) is 7.05 Å². The zero-order chi connectivity index (χ0) is 16.2. The molecule has 2 aromatic carbocycles. The van der Waals surface area contributed by atoms with Gasteiger partial charge in [-0.2, -0.15) is 0 Å². The summed E-state index contributed by atoms with van der Waals surface area (Å²) in [5.74, 6) is 0. The predicted molar refractivity (Wildman–Crippen MR) is 99.0 cm³/mol. The van der Waals surface area contributed by atoms with E-state index in [2.05, 4.69) is 72.5 Å². The van der Waals surface area contributed by atoms with Crippen molar-refractivity contribution in [2.24, 2.45) is 4.99 Å². The first-order chi connectivity index (χ1) is 11.1. The van der Waals surface area contributed by atoms with Crippen molar-refractivity contribution >= 4 is 23.2 Å². The van der Waals surface area contributed by atoms with Crippen molar-refractivity contribution in [3.8, 4) is 5.69 Å². The van der Waals surface area contributed by atoms with Crippen molar-refractivity contribution in [2.45, 2.75) is 19.3 Å². The van der Waals surface area contributed by atoms with Gasteiger partial charge in [0.05, 0.1) is 16.9 Å². The summed E-state index contributed by atoms with van der Waals surface area (Å²) >= 11 is 0. The Hall–Kier alpha value is -2.61. The Balaban J connectivity index is 2.30. The molecule has 2 nitrogen and oxygen atoms in total. The lowest BCUT2D eigenvalue weighted by Crippen LogP contribution is -2.26. The summed E-state index contributed by atoms with van der Waals surface area (Å²) in [5.41, 5.74) is 7.45. The second-order valence-corrected chi connectivity index (χ2v) is 6.57. The van der Waals surface area contributed by atoms with E-state index < -0.39 is 0 Å². The summed E-state index contributed by atoms with van der Waals surface area (Å²) in [7, 11) is 1.82. The van der Waals surface area contributed by atoms with Crippen molar-refractivity contribution in [1.82, 2.24) is 4.57 Å². The largest absolute Gasteiger partial charge is 0.309 e. The Labute approximate surface area is 136 Å².